The van der Waals surface area contributed by atoms with Crippen LogP contribution in [-0.2, 0) is 10.0 Å². The average molecular weight is 428 g/mol. The molecule has 1 fully saturated rings. The summed E-state index contributed by atoms with van der Waals surface area (Å²) in [5.74, 6) is 0.390. The number of sulfonamides is 1. The standard InChI is InChI=1S/C22H21FN2O4S/c1-24-22(26)20-17-10-16-15-9-13(15)7-8-25(30(2,27)28)18(16)11-19(17)29-21(20)12-3-5-14(23)6-4-12/h3-6,10-11,13,15H,7-9H2,1-2H3,(H,24,26). The molecule has 30 heavy (non-hydrogen) atoms. The predicted octanol–water partition coefficient (Wildman–Crippen LogP) is 3.87. The summed E-state index contributed by atoms with van der Waals surface area (Å²) in [5.41, 5.74) is 2.93. The number of halogens is 1. The van der Waals surface area contributed by atoms with E-state index in [0.29, 0.717) is 46.0 Å². The summed E-state index contributed by atoms with van der Waals surface area (Å²) in [4.78, 5) is 12.7. The van der Waals surface area contributed by atoms with E-state index >= 15 is 0 Å². The van der Waals surface area contributed by atoms with Gasteiger partial charge in [-0.1, -0.05) is 0 Å². The number of anilines is 1. The fraction of sp³-hybridized carbons (Fsp3) is 0.318. The Labute approximate surface area is 173 Å². The van der Waals surface area contributed by atoms with Crippen molar-refractivity contribution in [3.05, 3.63) is 53.3 Å². The van der Waals surface area contributed by atoms with Gasteiger partial charge >= 0.3 is 0 Å². The number of amides is 1. The third kappa shape index (κ3) is 2.98. The van der Waals surface area contributed by atoms with Crippen molar-refractivity contribution >= 4 is 32.6 Å². The summed E-state index contributed by atoms with van der Waals surface area (Å²) in [7, 11) is -1.90. The summed E-state index contributed by atoms with van der Waals surface area (Å²) in [6.45, 7) is 0.437. The average Bonchev–Trinajstić information content (AvgIpc) is 3.39. The Morgan fingerprint density at radius 2 is 1.97 bits per heavy atom. The fourth-order valence-electron chi connectivity index (χ4n) is 4.51. The van der Waals surface area contributed by atoms with Crippen LogP contribution >= 0.6 is 0 Å². The molecule has 1 N–H and O–H groups in total. The van der Waals surface area contributed by atoms with E-state index in [1.165, 1.54) is 22.7 Å². The highest BCUT2D eigenvalue weighted by atomic mass is 32.2. The Bertz CT molecular complexity index is 1280. The lowest BCUT2D eigenvalue weighted by Gasteiger charge is -2.23. The van der Waals surface area contributed by atoms with Crippen molar-refractivity contribution in [2.45, 2.75) is 18.8 Å². The first kappa shape index (κ1) is 19.1. The van der Waals surface area contributed by atoms with Gasteiger partial charge in [0.1, 0.15) is 17.2 Å². The number of furan rings is 1. The van der Waals surface area contributed by atoms with Crippen LogP contribution in [0.4, 0.5) is 10.1 Å². The van der Waals surface area contributed by atoms with E-state index in [2.05, 4.69) is 5.32 Å². The Morgan fingerprint density at radius 1 is 1.23 bits per heavy atom. The largest absolute Gasteiger partial charge is 0.455 e. The molecule has 2 unspecified atom stereocenters. The molecule has 2 heterocycles. The third-order valence-corrected chi connectivity index (χ3v) is 7.27. The second-order valence-corrected chi connectivity index (χ2v) is 9.93. The van der Waals surface area contributed by atoms with Crippen LogP contribution in [0.5, 0.6) is 0 Å². The first-order chi connectivity index (χ1) is 14.3. The lowest BCUT2D eigenvalue weighted by Crippen LogP contribution is -2.31. The Hall–Kier alpha value is -2.87. The molecule has 0 bridgehead atoms. The number of nitrogens with one attached hydrogen (secondary N) is 1. The summed E-state index contributed by atoms with van der Waals surface area (Å²) >= 11 is 0. The van der Waals surface area contributed by atoms with Crippen molar-refractivity contribution in [3.8, 4) is 11.3 Å². The Morgan fingerprint density at radius 3 is 2.63 bits per heavy atom. The van der Waals surface area contributed by atoms with Gasteiger partial charge in [0.15, 0.2) is 0 Å². The molecular formula is C22H21FN2O4S. The van der Waals surface area contributed by atoms with E-state index in [4.69, 9.17) is 4.42 Å². The first-order valence-electron chi connectivity index (χ1n) is 9.84. The predicted molar refractivity (Wildman–Crippen MR) is 113 cm³/mol. The maximum Gasteiger partial charge on any atom is 0.255 e. The van der Waals surface area contributed by atoms with Gasteiger partial charge in [0.25, 0.3) is 5.91 Å². The van der Waals surface area contributed by atoms with E-state index < -0.39 is 10.0 Å². The molecule has 1 saturated carbocycles. The minimum Gasteiger partial charge on any atom is -0.455 e. The van der Waals surface area contributed by atoms with E-state index in [1.807, 2.05) is 6.07 Å². The number of nitrogens with zero attached hydrogens (tertiary/aromatic N) is 1. The van der Waals surface area contributed by atoms with Gasteiger partial charge in [0.05, 0.1) is 17.5 Å². The van der Waals surface area contributed by atoms with Gasteiger partial charge in [-0.05, 0) is 60.6 Å². The summed E-state index contributed by atoms with van der Waals surface area (Å²) in [5, 5.41) is 3.28. The number of carbonyl (C=O) groups excluding carboxylic acids is 1. The molecule has 1 aromatic heterocycles. The third-order valence-electron chi connectivity index (χ3n) is 6.09. The van der Waals surface area contributed by atoms with Gasteiger partial charge in [-0.15, -0.1) is 0 Å². The van der Waals surface area contributed by atoms with Crippen LogP contribution in [0.3, 0.4) is 0 Å². The highest BCUT2D eigenvalue weighted by Crippen LogP contribution is 2.56. The zero-order chi connectivity index (χ0) is 21.2. The maximum atomic E-state index is 13.4. The molecule has 8 heteroatoms. The summed E-state index contributed by atoms with van der Waals surface area (Å²) < 4.78 is 45.8. The van der Waals surface area contributed by atoms with Crippen LogP contribution in [0.25, 0.3) is 22.3 Å². The molecule has 6 nitrogen and oxygen atoms in total. The van der Waals surface area contributed by atoms with Crippen molar-refractivity contribution in [3.63, 3.8) is 0 Å². The molecule has 0 saturated heterocycles. The van der Waals surface area contributed by atoms with Gasteiger partial charge in [-0.3, -0.25) is 9.10 Å². The van der Waals surface area contributed by atoms with Crippen LogP contribution in [0.15, 0.2) is 40.8 Å². The second-order valence-electron chi connectivity index (χ2n) is 8.03. The molecule has 3 aromatic rings. The summed E-state index contributed by atoms with van der Waals surface area (Å²) in [6.07, 6.45) is 3.05. The van der Waals surface area contributed by atoms with Crippen molar-refractivity contribution < 1.29 is 22.0 Å². The molecule has 156 valence electrons. The molecule has 1 aliphatic carbocycles. The van der Waals surface area contributed by atoms with E-state index in [-0.39, 0.29) is 17.6 Å². The second kappa shape index (κ2) is 6.57. The van der Waals surface area contributed by atoms with Crippen LogP contribution < -0.4 is 9.62 Å². The topological polar surface area (TPSA) is 79.6 Å². The summed E-state index contributed by atoms with van der Waals surface area (Å²) in [6, 6.07) is 9.37. The van der Waals surface area contributed by atoms with Gasteiger partial charge in [-0.2, -0.15) is 0 Å². The van der Waals surface area contributed by atoms with Crippen LogP contribution in [0.1, 0.15) is 34.7 Å². The van der Waals surface area contributed by atoms with Gasteiger partial charge in [-0.25, -0.2) is 12.8 Å². The smallest absolute Gasteiger partial charge is 0.255 e. The van der Waals surface area contributed by atoms with Crippen molar-refractivity contribution in [2.24, 2.45) is 5.92 Å². The minimum absolute atomic E-state index is 0.290. The van der Waals surface area contributed by atoms with E-state index in [9.17, 15) is 17.6 Å². The highest BCUT2D eigenvalue weighted by molar-refractivity contribution is 7.92. The number of rotatable bonds is 3. The normalized spacial score (nSPS) is 20.4. The fourth-order valence-corrected chi connectivity index (χ4v) is 5.46. The minimum atomic E-state index is -3.44. The molecule has 0 spiro atoms. The Balaban J connectivity index is 1.78. The zero-order valence-corrected chi connectivity index (χ0v) is 17.4. The molecule has 1 aliphatic heterocycles. The van der Waals surface area contributed by atoms with Crippen molar-refractivity contribution in [1.29, 1.82) is 0 Å². The molecule has 2 atom stereocenters. The molecule has 1 amide bonds. The van der Waals surface area contributed by atoms with E-state index in [0.717, 1.165) is 18.4 Å². The molecule has 5 rings (SSSR count). The first-order valence-corrected chi connectivity index (χ1v) is 11.7. The van der Waals surface area contributed by atoms with Gasteiger partial charge < -0.3 is 9.73 Å². The van der Waals surface area contributed by atoms with Crippen molar-refractivity contribution in [1.82, 2.24) is 5.32 Å². The maximum absolute atomic E-state index is 13.4. The number of benzene rings is 2. The molecule has 2 aromatic carbocycles. The number of carbonyl (C=O) groups is 1. The number of hydrogen-bond donors (Lipinski definition) is 1. The van der Waals surface area contributed by atoms with E-state index in [1.54, 1.807) is 25.2 Å². The molecular weight excluding hydrogens is 407 g/mol. The highest BCUT2D eigenvalue weighted by Gasteiger charge is 2.44. The van der Waals surface area contributed by atoms with Crippen molar-refractivity contribution in [2.75, 3.05) is 24.2 Å². The van der Waals surface area contributed by atoms with Crippen LogP contribution in [0.2, 0.25) is 0 Å². The quantitative estimate of drug-likeness (QED) is 0.687. The van der Waals surface area contributed by atoms with Crippen LogP contribution in [-0.4, -0.2) is 34.2 Å². The lowest BCUT2D eigenvalue weighted by molar-refractivity contribution is 0.0964. The Kier molecular flexibility index (Phi) is 4.18. The SMILES string of the molecule is CNC(=O)c1c(-c2ccc(F)cc2)oc2cc3c(cc12)C1CC1CCN3S(C)(=O)=O. The van der Waals surface area contributed by atoms with Gasteiger partial charge in [0.2, 0.25) is 10.0 Å². The number of hydrogen-bond acceptors (Lipinski definition) is 4. The zero-order valence-electron chi connectivity index (χ0n) is 16.6. The lowest BCUT2D eigenvalue weighted by atomic mass is 10.00. The molecule has 0 radical (unpaired) electrons. The number of fused-ring (bicyclic) bond motifs is 4. The van der Waals surface area contributed by atoms with Crippen LogP contribution in [0, 0.1) is 11.7 Å². The monoisotopic (exact) mass is 428 g/mol. The van der Waals surface area contributed by atoms with Gasteiger partial charge in [0, 0.05) is 30.6 Å². The molecule has 2 aliphatic rings.